The number of benzene rings is 1. The van der Waals surface area contributed by atoms with Crippen LogP contribution in [0.3, 0.4) is 0 Å². The van der Waals surface area contributed by atoms with Crippen LogP contribution in [-0.2, 0) is 0 Å². The fraction of sp³-hybridized carbons (Fsp3) is 0.360. The van der Waals surface area contributed by atoms with E-state index in [2.05, 4.69) is 31.4 Å². The molecule has 0 spiro atoms. The number of halogens is 2. The molecule has 0 amide bonds. The van der Waals surface area contributed by atoms with Crippen LogP contribution in [0, 0.1) is 6.92 Å². The molecule has 0 aliphatic carbocycles. The van der Waals surface area contributed by atoms with Crippen molar-refractivity contribution in [3.05, 3.63) is 54.5 Å². The van der Waals surface area contributed by atoms with Crippen LogP contribution in [0.2, 0.25) is 0 Å². The number of H-pyrrole nitrogens is 1. The monoisotopic (exact) mass is 460 g/mol. The van der Waals surface area contributed by atoms with Crippen molar-refractivity contribution in [2.45, 2.75) is 56.3 Å². The number of aryl methyl sites for hydroxylation is 1. The van der Waals surface area contributed by atoms with E-state index >= 15 is 0 Å². The summed E-state index contributed by atoms with van der Waals surface area (Å²) in [6.45, 7) is 1.97. The van der Waals surface area contributed by atoms with Crippen molar-refractivity contribution in [3.63, 3.8) is 0 Å². The Balaban J connectivity index is 1.12. The highest BCUT2D eigenvalue weighted by Gasteiger charge is 2.72. The average molecular weight is 460 g/mol. The van der Waals surface area contributed by atoms with Gasteiger partial charge in [0, 0.05) is 60.3 Å². The van der Waals surface area contributed by atoms with Crippen LogP contribution in [0.1, 0.15) is 25.0 Å². The molecule has 3 aromatic heterocycles. The fourth-order valence-electron chi connectivity index (χ4n) is 5.97. The Labute approximate surface area is 194 Å². The lowest BCUT2D eigenvalue weighted by molar-refractivity contribution is -0.00765. The van der Waals surface area contributed by atoms with Gasteiger partial charge >= 0.3 is 0 Å². The van der Waals surface area contributed by atoms with E-state index in [4.69, 9.17) is 4.74 Å². The molecule has 5 atom stereocenters. The summed E-state index contributed by atoms with van der Waals surface area (Å²) in [4.78, 5) is 6.24. The largest absolute Gasteiger partial charge is 0.473 e. The Morgan fingerprint density at radius 3 is 2.76 bits per heavy atom. The average Bonchev–Trinajstić information content (AvgIpc) is 3.23. The van der Waals surface area contributed by atoms with Crippen molar-refractivity contribution in [1.29, 1.82) is 0 Å². The Hall–Kier alpha value is -3.46. The van der Waals surface area contributed by atoms with E-state index in [9.17, 15) is 8.78 Å². The van der Waals surface area contributed by atoms with Crippen molar-refractivity contribution in [1.82, 2.24) is 30.3 Å². The Morgan fingerprint density at radius 1 is 1.09 bits per heavy atom. The number of nitrogens with one attached hydrogen (secondary N) is 1. The number of alkyl halides is 2. The summed E-state index contributed by atoms with van der Waals surface area (Å²) in [7, 11) is 0. The summed E-state index contributed by atoms with van der Waals surface area (Å²) in [6, 6.07) is 11.0. The number of aromatic nitrogens is 5. The topological polar surface area (TPSA) is 79.6 Å². The zero-order chi connectivity index (χ0) is 23.0. The van der Waals surface area contributed by atoms with Gasteiger partial charge in [0.1, 0.15) is 6.10 Å². The summed E-state index contributed by atoms with van der Waals surface area (Å²) in [5.74, 6) is -2.12. The maximum Gasteiger partial charge on any atom is 0.266 e. The molecule has 7 rings (SSSR count). The third-order valence-electron chi connectivity index (χ3n) is 7.41. The number of fused-ring (bicyclic) bond motifs is 2. The van der Waals surface area contributed by atoms with Gasteiger partial charge in [0.05, 0.1) is 23.4 Å². The zero-order valence-corrected chi connectivity index (χ0v) is 18.4. The third kappa shape index (κ3) is 3.03. The first-order valence-corrected chi connectivity index (χ1v) is 11.5. The number of ether oxygens (including phenoxy) is 1. The van der Waals surface area contributed by atoms with Crippen molar-refractivity contribution < 1.29 is 13.5 Å². The fourth-order valence-corrected chi connectivity index (χ4v) is 5.97. The zero-order valence-electron chi connectivity index (χ0n) is 18.4. The lowest BCUT2D eigenvalue weighted by Gasteiger charge is -2.30. The standard InChI is InChI=1S/C25H22F2N6O/c1-13-8-14(6-7-28-13)17-2-3-18(23-19(17)12-29-32-23)20-4-5-22(31-30-20)34-16-9-15-11-25(26,27)24-21(10-16)33(15)24/h2-8,12,15-16,21,24H,9-11H2,1H3,(H,29,32). The minimum Gasteiger partial charge on any atom is -0.473 e. The lowest BCUT2D eigenvalue weighted by Crippen LogP contribution is -2.38. The SMILES string of the molecule is Cc1cc(-c2ccc(-c3ccc(OC4CC5CC(F)(F)C6C(C4)N56)nn3)c3[nH]ncc23)ccn1. The van der Waals surface area contributed by atoms with Crippen LogP contribution in [0.4, 0.5) is 8.78 Å². The summed E-state index contributed by atoms with van der Waals surface area (Å²) in [6.07, 6.45) is 4.68. The van der Waals surface area contributed by atoms with Crippen LogP contribution in [0.5, 0.6) is 5.88 Å². The van der Waals surface area contributed by atoms with E-state index in [0.29, 0.717) is 24.4 Å². The number of hydrogen-bond donors (Lipinski definition) is 1. The van der Waals surface area contributed by atoms with Crippen LogP contribution in [0.15, 0.2) is 48.8 Å². The van der Waals surface area contributed by atoms with E-state index in [1.165, 1.54) is 0 Å². The minimum absolute atomic E-state index is 0.0592. The smallest absolute Gasteiger partial charge is 0.266 e. The maximum atomic E-state index is 14.0. The van der Waals surface area contributed by atoms with Crippen molar-refractivity contribution in [2.24, 2.45) is 0 Å². The van der Waals surface area contributed by atoms with Crippen molar-refractivity contribution in [3.8, 4) is 28.3 Å². The van der Waals surface area contributed by atoms with E-state index in [1.807, 2.05) is 42.3 Å². The second-order valence-electron chi connectivity index (χ2n) is 9.55. The number of nitrogens with zero attached hydrogens (tertiary/aromatic N) is 5. The minimum atomic E-state index is -2.55. The van der Waals surface area contributed by atoms with Gasteiger partial charge in [-0.25, -0.2) is 8.78 Å². The van der Waals surface area contributed by atoms with Crippen molar-refractivity contribution >= 4 is 10.9 Å². The van der Waals surface area contributed by atoms with Gasteiger partial charge in [0.25, 0.3) is 5.92 Å². The molecular formula is C25H22F2N6O. The second kappa shape index (κ2) is 7.02. The van der Waals surface area contributed by atoms with Gasteiger partial charge in [-0.05, 0) is 42.3 Å². The molecule has 0 saturated carbocycles. The number of piperidine rings is 2. The molecule has 3 aliphatic rings. The van der Waals surface area contributed by atoms with Crippen LogP contribution in [-0.4, -0.2) is 60.4 Å². The van der Waals surface area contributed by atoms with Crippen LogP contribution < -0.4 is 4.74 Å². The molecule has 172 valence electrons. The summed E-state index contributed by atoms with van der Waals surface area (Å²) in [5.41, 5.74) is 5.58. The third-order valence-corrected chi connectivity index (χ3v) is 7.41. The molecule has 4 aromatic rings. The summed E-state index contributed by atoms with van der Waals surface area (Å²) < 4.78 is 34.0. The molecule has 3 aliphatic heterocycles. The highest BCUT2D eigenvalue weighted by molar-refractivity contribution is 6.01. The summed E-state index contributed by atoms with van der Waals surface area (Å²) >= 11 is 0. The van der Waals surface area contributed by atoms with Crippen LogP contribution >= 0.6 is 0 Å². The van der Waals surface area contributed by atoms with Crippen molar-refractivity contribution in [2.75, 3.05) is 0 Å². The van der Waals surface area contributed by atoms with Gasteiger partial charge in [0.15, 0.2) is 0 Å². The van der Waals surface area contributed by atoms with Gasteiger partial charge in [-0.15, -0.1) is 10.2 Å². The molecule has 6 heterocycles. The predicted molar refractivity (Wildman–Crippen MR) is 122 cm³/mol. The first-order valence-electron chi connectivity index (χ1n) is 11.5. The van der Waals surface area contributed by atoms with Gasteiger partial charge < -0.3 is 4.74 Å². The highest BCUT2D eigenvalue weighted by atomic mass is 19.3. The van der Waals surface area contributed by atoms with Gasteiger partial charge in [0.2, 0.25) is 5.88 Å². The normalized spacial score (nSPS) is 28.6. The Kier molecular flexibility index (Phi) is 4.12. The van der Waals surface area contributed by atoms with Crippen LogP contribution in [0.25, 0.3) is 33.3 Å². The molecule has 9 heteroatoms. The quantitative estimate of drug-likeness (QED) is 0.455. The number of aromatic amines is 1. The molecule has 1 aromatic carbocycles. The molecular weight excluding hydrogens is 438 g/mol. The second-order valence-corrected chi connectivity index (χ2v) is 9.55. The van der Waals surface area contributed by atoms with E-state index in [-0.39, 0.29) is 24.6 Å². The van der Waals surface area contributed by atoms with Gasteiger partial charge in [-0.1, -0.05) is 6.07 Å². The Morgan fingerprint density at radius 2 is 1.97 bits per heavy atom. The van der Waals surface area contributed by atoms with E-state index in [0.717, 1.165) is 33.3 Å². The predicted octanol–water partition coefficient (Wildman–Crippen LogP) is 4.39. The number of rotatable bonds is 4. The first kappa shape index (κ1) is 20.0. The van der Waals surface area contributed by atoms with E-state index < -0.39 is 12.0 Å². The maximum absolute atomic E-state index is 14.0. The lowest BCUT2D eigenvalue weighted by atomic mass is 9.92. The molecule has 34 heavy (non-hydrogen) atoms. The molecule has 3 saturated heterocycles. The molecule has 7 nitrogen and oxygen atoms in total. The molecule has 5 unspecified atom stereocenters. The molecule has 0 bridgehead atoms. The first-order chi connectivity index (χ1) is 16.5. The number of hydrogen-bond acceptors (Lipinski definition) is 6. The molecule has 3 fully saturated rings. The van der Waals surface area contributed by atoms with Gasteiger partial charge in [-0.2, -0.15) is 5.10 Å². The Bertz CT molecular complexity index is 1400. The molecule has 1 N–H and O–H groups in total. The molecule has 0 radical (unpaired) electrons. The number of pyridine rings is 1. The summed E-state index contributed by atoms with van der Waals surface area (Å²) in [5, 5.41) is 17.0. The van der Waals surface area contributed by atoms with E-state index in [1.54, 1.807) is 12.3 Å². The highest BCUT2D eigenvalue weighted by Crippen LogP contribution is 2.57. The van der Waals surface area contributed by atoms with Gasteiger partial charge in [-0.3, -0.25) is 15.0 Å².